The van der Waals surface area contributed by atoms with Gasteiger partial charge in [-0.05, 0) is 54.3 Å². The third kappa shape index (κ3) is 4.61. The molecule has 0 fully saturated rings. The molecule has 4 nitrogen and oxygen atoms in total. The molecule has 1 aliphatic heterocycles. The number of carbonyl (C=O) groups excluding carboxylic acids is 2. The molecule has 1 heterocycles. The van der Waals surface area contributed by atoms with E-state index in [1.54, 1.807) is 17.0 Å². The third-order valence-electron chi connectivity index (χ3n) is 5.62. The number of benzene rings is 3. The van der Waals surface area contributed by atoms with E-state index in [4.69, 9.17) is 28.6 Å². The molecule has 1 aliphatic rings. The van der Waals surface area contributed by atoms with Crippen LogP contribution < -0.4 is 4.90 Å². The molecule has 0 saturated carbocycles. The Balaban J connectivity index is 1.87. The van der Waals surface area contributed by atoms with E-state index < -0.39 is 0 Å². The van der Waals surface area contributed by atoms with Crippen molar-refractivity contribution < 1.29 is 14.3 Å². The van der Waals surface area contributed by atoms with Gasteiger partial charge in [0.05, 0.1) is 18.4 Å². The number of hydrogen-bond acceptors (Lipinski definition) is 4. The minimum Gasteiger partial charge on any atom is -0.469 e. The SMILES string of the molecule is COC(=O)CCc1ccccc1C1=C(c2ccc(Cl)cc2)C(=O)N(c2ccc(C)cc2)C1=S. The van der Waals surface area contributed by atoms with Gasteiger partial charge in [-0.2, -0.15) is 0 Å². The van der Waals surface area contributed by atoms with E-state index in [9.17, 15) is 9.59 Å². The molecule has 3 aromatic rings. The number of ether oxygens (including phenoxy) is 1. The van der Waals surface area contributed by atoms with Crippen LogP contribution >= 0.6 is 23.8 Å². The Morgan fingerprint density at radius 2 is 1.64 bits per heavy atom. The fourth-order valence-corrected chi connectivity index (χ4v) is 4.44. The zero-order valence-electron chi connectivity index (χ0n) is 18.3. The van der Waals surface area contributed by atoms with Crippen LogP contribution in [0.5, 0.6) is 0 Å². The van der Waals surface area contributed by atoms with Crippen molar-refractivity contribution in [3.05, 3.63) is 100 Å². The molecule has 0 radical (unpaired) electrons. The molecule has 3 aromatic carbocycles. The molecular formula is C27H22ClNO3S. The lowest BCUT2D eigenvalue weighted by Gasteiger charge is -2.18. The molecule has 0 aromatic heterocycles. The Kier molecular flexibility index (Phi) is 6.72. The quantitative estimate of drug-likeness (QED) is 0.322. The first-order chi connectivity index (χ1) is 15.9. The van der Waals surface area contributed by atoms with E-state index in [2.05, 4.69) is 0 Å². The smallest absolute Gasteiger partial charge is 0.305 e. The molecule has 33 heavy (non-hydrogen) atoms. The van der Waals surface area contributed by atoms with Gasteiger partial charge in [-0.1, -0.05) is 77.9 Å². The van der Waals surface area contributed by atoms with Gasteiger partial charge < -0.3 is 4.74 Å². The molecule has 0 spiro atoms. The maximum absolute atomic E-state index is 13.8. The van der Waals surface area contributed by atoms with Gasteiger partial charge in [0.2, 0.25) is 0 Å². The number of anilines is 1. The molecular weight excluding hydrogens is 454 g/mol. The van der Waals surface area contributed by atoms with Gasteiger partial charge in [-0.25, -0.2) is 0 Å². The molecule has 1 amide bonds. The number of rotatable bonds is 6. The number of amides is 1. The fourth-order valence-electron chi connectivity index (χ4n) is 3.91. The maximum Gasteiger partial charge on any atom is 0.305 e. The van der Waals surface area contributed by atoms with E-state index in [0.717, 1.165) is 22.3 Å². The summed E-state index contributed by atoms with van der Waals surface area (Å²) >= 11 is 12.0. The van der Waals surface area contributed by atoms with Crippen LogP contribution in [-0.2, 0) is 20.7 Å². The highest BCUT2D eigenvalue weighted by Crippen LogP contribution is 2.40. The summed E-state index contributed by atoms with van der Waals surface area (Å²) in [5.74, 6) is -0.480. The first kappa shape index (κ1) is 22.9. The fraction of sp³-hybridized carbons (Fsp3) is 0.148. The van der Waals surface area contributed by atoms with Gasteiger partial charge in [0.25, 0.3) is 5.91 Å². The number of aryl methyl sites for hydroxylation is 2. The van der Waals surface area contributed by atoms with Crippen molar-refractivity contribution in [2.24, 2.45) is 0 Å². The summed E-state index contributed by atoms with van der Waals surface area (Å²) < 4.78 is 4.81. The van der Waals surface area contributed by atoms with Crippen molar-refractivity contribution in [2.45, 2.75) is 19.8 Å². The molecule has 0 N–H and O–H groups in total. The second-order valence-electron chi connectivity index (χ2n) is 7.77. The van der Waals surface area contributed by atoms with Gasteiger partial charge in [-0.3, -0.25) is 14.5 Å². The zero-order valence-corrected chi connectivity index (χ0v) is 19.9. The second kappa shape index (κ2) is 9.69. The summed E-state index contributed by atoms with van der Waals surface area (Å²) in [4.78, 5) is 27.6. The van der Waals surface area contributed by atoms with Crippen molar-refractivity contribution in [1.29, 1.82) is 0 Å². The summed E-state index contributed by atoms with van der Waals surface area (Å²) in [6, 6.07) is 22.6. The molecule has 0 aliphatic carbocycles. The number of methoxy groups -OCH3 is 1. The lowest BCUT2D eigenvalue weighted by molar-refractivity contribution is -0.140. The Labute approximate surface area is 203 Å². The van der Waals surface area contributed by atoms with Crippen LogP contribution in [0.15, 0.2) is 72.8 Å². The van der Waals surface area contributed by atoms with Gasteiger partial charge in [0, 0.05) is 17.0 Å². The van der Waals surface area contributed by atoms with E-state index in [-0.39, 0.29) is 18.3 Å². The van der Waals surface area contributed by atoms with Crippen molar-refractivity contribution >= 4 is 57.5 Å². The number of carbonyl (C=O) groups is 2. The first-order valence-corrected chi connectivity index (χ1v) is 11.3. The van der Waals surface area contributed by atoms with Gasteiger partial charge >= 0.3 is 5.97 Å². The van der Waals surface area contributed by atoms with Crippen LogP contribution in [0.4, 0.5) is 5.69 Å². The molecule has 4 rings (SSSR count). The minimum absolute atomic E-state index is 0.191. The van der Waals surface area contributed by atoms with Gasteiger partial charge in [0.1, 0.15) is 4.99 Å². The lowest BCUT2D eigenvalue weighted by atomic mass is 9.92. The van der Waals surface area contributed by atoms with Crippen LogP contribution in [0.25, 0.3) is 11.1 Å². The largest absolute Gasteiger partial charge is 0.469 e. The Morgan fingerprint density at radius 3 is 2.30 bits per heavy atom. The zero-order chi connectivity index (χ0) is 23.5. The van der Waals surface area contributed by atoms with E-state index in [1.165, 1.54) is 7.11 Å². The Hall–Kier alpha value is -3.28. The first-order valence-electron chi connectivity index (χ1n) is 10.5. The van der Waals surface area contributed by atoms with Crippen LogP contribution in [0.2, 0.25) is 5.02 Å². The summed E-state index contributed by atoms with van der Waals surface area (Å²) in [6.07, 6.45) is 0.709. The predicted molar refractivity (Wildman–Crippen MR) is 136 cm³/mol. The number of halogens is 1. The Morgan fingerprint density at radius 1 is 0.970 bits per heavy atom. The van der Waals surface area contributed by atoms with Crippen molar-refractivity contribution in [3.8, 4) is 0 Å². The van der Waals surface area contributed by atoms with E-state index in [1.807, 2.05) is 67.6 Å². The molecule has 0 atom stereocenters. The highest BCUT2D eigenvalue weighted by molar-refractivity contribution is 7.82. The summed E-state index contributed by atoms with van der Waals surface area (Å²) in [5, 5.41) is 0.586. The molecule has 0 saturated heterocycles. The summed E-state index contributed by atoms with van der Waals surface area (Å²) in [5.41, 5.74) is 5.49. The number of esters is 1. The predicted octanol–water partition coefficient (Wildman–Crippen LogP) is 6.04. The van der Waals surface area contributed by atoms with Crippen LogP contribution in [0.3, 0.4) is 0 Å². The normalized spacial score (nSPS) is 13.6. The van der Waals surface area contributed by atoms with Crippen LogP contribution in [0, 0.1) is 6.92 Å². The topological polar surface area (TPSA) is 46.6 Å². The molecule has 166 valence electrons. The Bertz CT molecular complexity index is 1260. The van der Waals surface area contributed by atoms with Crippen molar-refractivity contribution in [3.63, 3.8) is 0 Å². The molecule has 0 unspecified atom stereocenters. The molecule has 0 bridgehead atoms. The average molecular weight is 476 g/mol. The number of thiocarbonyl (C=S) groups is 1. The monoisotopic (exact) mass is 475 g/mol. The third-order valence-corrected chi connectivity index (χ3v) is 6.26. The lowest BCUT2D eigenvalue weighted by Crippen LogP contribution is -2.30. The highest BCUT2D eigenvalue weighted by Gasteiger charge is 2.38. The molecule has 6 heteroatoms. The second-order valence-corrected chi connectivity index (χ2v) is 8.59. The number of nitrogens with zero attached hydrogens (tertiary/aromatic N) is 1. The average Bonchev–Trinajstić information content (AvgIpc) is 3.08. The van der Waals surface area contributed by atoms with Crippen LogP contribution in [-0.4, -0.2) is 24.0 Å². The summed E-state index contributed by atoms with van der Waals surface area (Å²) in [6.45, 7) is 1.99. The van der Waals surface area contributed by atoms with Crippen LogP contribution in [0.1, 0.15) is 28.7 Å². The summed E-state index contributed by atoms with van der Waals surface area (Å²) in [7, 11) is 1.37. The highest BCUT2D eigenvalue weighted by atomic mass is 35.5. The maximum atomic E-state index is 13.8. The van der Waals surface area contributed by atoms with Crippen molar-refractivity contribution in [2.75, 3.05) is 12.0 Å². The number of hydrogen-bond donors (Lipinski definition) is 0. The van der Waals surface area contributed by atoms with Gasteiger partial charge in [0.15, 0.2) is 0 Å². The van der Waals surface area contributed by atoms with Gasteiger partial charge in [-0.15, -0.1) is 0 Å². The van der Waals surface area contributed by atoms with E-state index >= 15 is 0 Å². The van der Waals surface area contributed by atoms with Crippen molar-refractivity contribution in [1.82, 2.24) is 0 Å². The minimum atomic E-state index is -0.289. The van der Waals surface area contributed by atoms with E-state index in [0.29, 0.717) is 33.3 Å². The standard InChI is InChI=1S/C27H22ClNO3S/c1-17-7-14-21(15-8-17)29-26(31)24(19-9-12-20(28)13-10-19)25(27(29)33)22-6-4-3-5-18(22)11-16-23(30)32-2/h3-10,12-15H,11,16H2,1-2H3.